The number of benzene rings is 2. The highest BCUT2D eigenvalue weighted by Crippen LogP contribution is 2.36. The van der Waals surface area contributed by atoms with Crippen LogP contribution in [-0.4, -0.2) is 18.1 Å². The molecule has 0 saturated carbocycles. The summed E-state index contributed by atoms with van der Waals surface area (Å²) in [6, 6.07) is 16.0. The molecule has 0 aliphatic carbocycles. The Morgan fingerprint density at radius 1 is 1.16 bits per heavy atom. The largest absolute Gasteiger partial charge is 0.479 e. The minimum Gasteiger partial charge on any atom is -0.479 e. The standard InChI is InChI=1S/C20H19ClN2O2/c21-17-12-15(14-4-2-1-3-5-14)6-7-18(17)25-19(16-8-9-22-13-16)20-23-10-11-24-20/h1-7,10-12,16,19,22H,8-9,13H2/t16-,19+/m0/s1. The van der Waals surface area contributed by atoms with Gasteiger partial charge in [-0.05, 0) is 36.2 Å². The Morgan fingerprint density at radius 2 is 2.04 bits per heavy atom. The Hall–Kier alpha value is -2.30. The van der Waals surface area contributed by atoms with E-state index in [0.717, 1.165) is 30.6 Å². The fraction of sp³-hybridized carbons (Fsp3) is 0.250. The van der Waals surface area contributed by atoms with E-state index in [2.05, 4.69) is 22.4 Å². The summed E-state index contributed by atoms with van der Waals surface area (Å²) in [7, 11) is 0. The summed E-state index contributed by atoms with van der Waals surface area (Å²) in [6.45, 7) is 1.86. The second-order valence-corrected chi connectivity index (χ2v) is 6.58. The van der Waals surface area contributed by atoms with Crippen molar-refractivity contribution in [2.75, 3.05) is 13.1 Å². The zero-order valence-corrected chi connectivity index (χ0v) is 14.4. The van der Waals surface area contributed by atoms with Crippen LogP contribution in [0.15, 0.2) is 65.4 Å². The second-order valence-electron chi connectivity index (χ2n) is 6.17. The lowest BCUT2D eigenvalue weighted by Gasteiger charge is -2.22. The molecular formula is C20H19ClN2O2. The minimum atomic E-state index is -0.245. The maximum Gasteiger partial charge on any atom is 0.235 e. The lowest BCUT2D eigenvalue weighted by molar-refractivity contribution is 0.114. The molecule has 2 aromatic carbocycles. The van der Waals surface area contributed by atoms with Crippen LogP contribution in [0.25, 0.3) is 11.1 Å². The first-order valence-electron chi connectivity index (χ1n) is 8.43. The summed E-state index contributed by atoms with van der Waals surface area (Å²) in [5, 5.41) is 3.95. The van der Waals surface area contributed by atoms with E-state index in [1.165, 1.54) is 0 Å². The topological polar surface area (TPSA) is 47.3 Å². The van der Waals surface area contributed by atoms with Crippen LogP contribution >= 0.6 is 11.6 Å². The summed E-state index contributed by atoms with van der Waals surface area (Å²) in [5.74, 6) is 1.55. The van der Waals surface area contributed by atoms with Crippen LogP contribution in [0, 0.1) is 5.92 Å². The van der Waals surface area contributed by atoms with Crippen LogP contribution in [0.5, 0.6) is 5.75 Å². The third kappa shape index (κ3) is 3.55. The Labute approximate surface area is 151 Å². The van der Waals surface area contributed by atoms with Crippen LogP contribution in [0.4, 0.5) is 0 Å². The first kappa shape index (κ1) is 16.2. The van der Waals surface area contributed by atoms with Gasteiger partial charge in [0.1, 0.15) is 12.0 Å². The summed E-state index contributed by atoms with van der Waals surface area (Å²) in [4.78, 5) is 4.29. The third-order valence-corrected chi connectivity index (χ3v) is 4.81. The lowest BCUT2D eigenvalue weighted by Crippen LogP contribution is -2.21. The predicted molar refractivity (Wildman–Crippen MR) is 97.7 cm³/mol. The predicted octanol–water partition coefficient (Wildman–Crippen LogP) is 4.72. The molecular weight excluding hydrogens is 336 g/mol. The molecule has 4 nitrogen and oxygen atoms in total. The van der Waals surface area contributed by atoms with Gasteiger partial charge in [-0.1, -0.05) is 48.0 Å². The Morgan fingerprint density at radius 3 is 2.72 bits per heavy atom. The molecule has 5 heteroatoms. The van der Waals surface area contributed by atoms with Gasteiger partial charge in [-0.2, -0.15) is 0 Å². The van der Waals surface area contributed by atoms with Crippen molar-refractivity contribution in [1.29, 1.82) is 0 Å². The van der Waals surface area contributed by atoms with Gasteiger partial charge < -0.3 is 14.5 Å². The molecule has 3 aromatic rings. The highest BCUT2D eigenvalue weighted by molar-refractivity contribution is 6.32. The molecule has 1 N–H and O–H groups in total. The van der Waals surface area contributed by atoms with E-state index in [-0.39, 0.29) is 6.10 Å². The van der Waals surface area contributed by atoms with Gasteiger partial charge in [0, 0.05) is 12.5 Å². The molecule has 0 spiro atoms. The Kier molecular flexibility index (Phi) is 4.72. The normalized spacial score (nSPS) is 18.2. The highest BCUT2D eigenvalue weighted by atomic mass is 35.5. The number of hydrogen-bond donors (Lipinski definition) is 1. The van der Waals surface area contributed by atoms with Gasteiger partial charge in [0.15, 0.2) is 6.10 Å². The van der Waals surface area contributed by atoms with E-state index >= 15 is 0 Å². The van der Waals surface area contributed by atoms with Crippen molar-refractivity contribution in [2.45, 2.75) is 12.5 Å². The molecule has 25 heavy (non-hydrogen) atoms. The monoisotopic (exact) mass is 354 g/mol. The number of halogens is 1. The maximum absolute atomic E-state index is 6.50. The number of hydrogen-bond acceptors (Lipinski definition) is 4. The molecule has 0 radical (unpaired) electrons. The van der Waals surface area contributed by atoms with Gasteiger partial charge in [0.2, 0.25) is 5.89 Å². The van der Waals surface area contributed by atoms with Gasteiger partial charge in [-0.25, -0.2) is 4.98 Å². The van der Waals surface area contributed by atoms with Gasteiger partial charge in [-0.15, -0.1) is 0 Å². The number of nitrogens with one attached hydrogen (secondary N) is 1. The van der Waals surface area contributed by atoms with Gasteiger partial charge >= 0.3 is 0 Å². The van der Waals surface area contributed by atoms with Crippen LogP contribution in [0.2, 0.25) is 5.02 Å². The van der Waals surface area contributed by atoms with Crippen LogP contribution in [0.3, 0.4) is 0 Å². The molecule has 1 saturated heterocycles. The molecule has 1 aliphatic rings. The van der Waals surface area contributed by atoms with Crippen molar-refractivity contribution in [3.05, 3.63) is 71.9 Å². The molecule has 2 atom stereocenters. The number of oxazole rings is 1. The van der Waals surface area contributed by atoms with E-state index in [0.29, 0.717) is 22.6 Å². The SMILES string of the molecule is Clc1cc(-c2ccccc2)ccc1O[C@@H](c1ncco1)[C@H]1CCNC1. The van der Waals surface area contributed by atoms with Gasteiger partial charge in [0.05, 0.1) is 11.2 Å². The van der Waals surface area contributed by atoms with Gasteiger partial charge in [-0.3, -0.25) is 0 Å². The van der Waals surface area contributed by atoms with E-state index in [1.54, 1.807) is 12.5 Å². The van der Waals surface area contributed by atoms with E-state index in [1.807, 2.05) is 36.4 Å². The number of rotatable bonds is 5. The Bertz CT molecular complexity index is 815. The molecule has 2 heterocycles. The van der Waals surface area contributed by atoms with Crippen LogP contribution < -0.4 is 10.1 Å². The number of ether oxygens (including phenoxy) is 1. The molecule has 1 fully saturated rings. The van der Waals surface area contributed by atoms with Crippen molar-refractivity contribution < 1.29 is 9.15 Å². The molecule has 0 bridgehead atoms. The zero-order chi connectivity index (χ0) is 17.1. The van der Waals surface area contributed by atoms with Crippen LogP contribution in [0.1, 0.15) is 18.4 Å². The average Bonchev–Trinajstić information content (AvgIpc) is 3.35. The van der Waals surface area contributed by atoms with E-state index in [4.69, 9.17) is 20.8 Å². The highest BCUT2D eigenvalue weighted by Gasteiger charge is 2.31. The summed E-state index contributed by atoms with van der Waals surface area (Å²) in [5.41, 5.74) is 2.19. The molecule has 0 unspecified atom stereocenters. The summed E-state index contributed by atoms with van der Waals surface area (Å²) < 4.78 is 11.7. The number of aromatic nitrogens is 1. The average molecular weight is 355 g/mol. The first-order chi connectivity index (χ1) is 12.3. The molecule has 128 valence electrons. The quantitative estimate of drug-likeness (QED) is 0.719. The third-order valence-electron chi connectivity index (χ3n) is 4.51. The minimum absolute atomic E-state index is 0.245. The second kappa shape index (κ2) is 7.30. The lowest BCUT2D eigenvalue weighted by atomic mass is 10.0. The van der Waals surface area contributed by atoms with Crippen molar-refractivity contribution in [2.24, 2.45) is 5.92 Å². The Balaban J connectivity index is 1.60. The maximum atomic E-state index is 6.50. The molecule has 0 amide bonds. The first-order valence-corrected chi connectivity index (χ1v) is 8.81. The van der Waals surface area contributed by atoms with E-state index in [9.17, 15) is 0 Å². The molecule has 1 aromatic heterocycles. The smallest absolute Gasteiger partial charge is 0.235 e. The van der Waals surface area contributed by atoms with Crippen molar-refractivity contribution >= 4 is 11.6 Å². The fourth-order valence-corrected chi connectivity index (χ4v) is 3.43. The van der Waals surface area contributed by atoms with Gasteiger partial charge in [0.25, 0.3) is 0 Å². The van der Waals surface area contributed by atoms with Crippen molar-refractivity contribution in [3.8, 4) is 16.9 Å². The van der Waals surface area contributed by atoms with Crippen molar-refractivity contribution in [3.63, 3.8) is 0 Å². The molecule has 4 rings (SSSR count). The van der Waals surface area contributed by atoms with Crippen LogP contribution in [-0.2, 0) is 0 Å². The van der Waals surface area contributed by atoms with Crippen molar-refractivity contribution in [1.82, 2.24) is 10.3 Å². The fourth-order valence-electron chi connectivity index (χ4n) is 3.20. The summed E-state index contributed by atoms with van der Waals surface area (Å²) >= 11 is 6.50. The summed E-state index contributed by atoms with van der Waals surface area (Å²) in [6.07, 6.45) is 4.00. The number of nitrogens with zero attached hydrogens (tertiary/aromatic N) is 1. The zero-order valence-electron chi connectivity index (χ0n) is 13.7. The molecule has 1 aliphatic heterocycles. The van der Waals surface area contributed by atoms with E-state index < -0.39 is 0 Å².